The molecule has 2 aromatic carbocycles. The van der Waals surface area contributed by atoms with E-state index in [1.165, 1.54) is 24.0 Å². The van der Waals surface area contributed by atoms with E-state index in [4.69, 9.17) is 9.84 Å². The van der Waals surface area contributed by atoms with E-state index in [0.29, 0.717) is 17.6 Å². The zero-order valence-corrected chi connectivity index (χ0v) is 21.0. The number of carbonyl (C=O) groups is 2. The molecule has 190 valence electrons. The van der Waals surface area contributed by atoms with Crippen molar-refractivity contribution in [1.29, 1.82) is 0 Å². The fourth-order valence-electron chi connectivity index (χ4n) is 8.05. The van der Waals surface area contributed by atoms with Gasteiger partial charge in [0, 0.05) is 11.6 Å². The molecular weight excluding hydrogens is 452 g/mol. The van der Waals surface area contributed by atoms with Crippen LogP contribution in [0.1, 0.15) is 98.0 Å². The molecule has 3 N–H and O–H groups in total. The first kappa shape index (κ1) is 23.4. The van der Waals surface area contributed by atoms with Crippen LogP contribution in [0.15, 0.2) is 48.5 Å². The van der Waals surface area contributed by atoms with Crippen molar-refractivity contribution in [2.75, 3.05) is 0 Å². The van der Waals surface area contributed by atoms with Crippen molar-refractivity contribution < 1.29 is 19.4 Å². The van der Waals surface area contributed by atoms with Crippen LogP contribution in [0.4, 0.5) is 4.79 Å². The van der Waals surface area contributed by atoms with E-state index in [1.807, 2.05) is 0 Å². The maximum atomic E-state index is 13.2. The third-order valence-corrected chi connectivity index (χ3v) is 9.19. The molecule has 3 fully saturated rings. The standard InChI is InChI=1S/C30H36N2O4/c1-29-14-20-16-30(18-29,17-21(15-29)26-5-3-2-4-25(20)26)32-28(35)31-22-8-12-24(13-9-22)36-23-10-6-19(7-11-23)27(33)34/h2-7,10-11,20-22,24H,8-9,12-18H2,1H3,(H,33,34)(H2,31,32,35). The van der Waals surface area contributed by atoms with Gasteiger partial charge in [0.15, 0.2) is 0 Å². The number of hydrogen-bond acceptors (Lipinski definition) is 3. The predicted octanol–water partition coefficient (Wildman–Crippen LogP) is 5.98. The number of amides is 2. The average Bonchev–Trinajstić information content (AvgIpc) is 2.98. The number of benzene rings is 2. The van der Waals surface area contributed by atoms with Crippen LogP contribution in [0.5, 0.6) is 5.75 Å². The van der Waals surface area contributed by atoms with Crippen LogP contribution in [0.25, 0.3) is 0 Å². The highest BCUT2D eigenvalue weighted by molar-refractivity contribution is 5.87. The number of carbonyl (C=O) groups excluding carboxylic acids is 1. The Hall–Kier alpha value is -3.02. The highest BCUT2D eigenvalue weighted by atomic mass is 16.5. The lowest BCUT2D eigenvalue weighted by Crippen LogP contribution is -2.60. The zero-order chi connectivity index (χ0) is 24.9. The highest BCUT2D eigenvalue weighted by Gasteiger charge is 2.55. The Labute approximate surface area is 212 Å². The molecule has 0 aliphatic heterocycles. The molecule has 36 heavy (non-hydrogen) atoms. The first-order chi connectivity index (χ1) is 17.3. The van der Waals surface area contributed by atoms with Gasteiger partial charge in [-0.1, -0.05) is 31.2 Å². The van der Waals surface area contributed by atoms with E-state index in [2.05, 4.69) is 41.8 Å². The van der Waals surface area contributed by atoms with Gasteiger partial charge in [0.05, 0.1) is 11.7 Å². The third kappa shape index (κ3) is 4.46. The molecular formula is C30H36N2O4. The monoisotopic (exact) mass is 488 g/mol. The predicted molar refractivity (Wildman–Crippen MR) is 138 cm³/mol. The van der Waals surface area contributed by atoms with Crippen molar-refractivity contribution in [3.8, 4) is 5.75 Å². The summed E-state index contributed by atoms with van der Waals surface area (Å²) >= 11 is 0. The van der Waals surface area contributed by atoms with Gasteiger partial charge < -0.3 is 20.5 Å². The fraction of sp³-hybridized carbons (Fsp3) is 0.533. The molecule has 2 unspecified atom stereocenters. The number of carboxylic acid groups (broad SMARTS) is 1. The summed E-state index contributed by atoms with van der Waals surface area (Å²) in [6, 6.07) is 15.7. The van der Waals surface area contributed by atoms with Gasteiger partial charge in [-0.25, -0.2) is 9.59 Å². The minimum Gasteiger partial charge on any atom is -0.490 e. The number of urea groups is 1. The normalized spacial score (nSPS) is 34.4. The van der Waals surface area contributed by atoms with Crippen molar-refractivity contribution in [2.24, 2.45) is 5.41 Å². The lowest BCUT2D eigenvalue weighted by molar-refractivity contribution is 0.0368. The summed E-state index contributed by atoms with van der Waals surface area (Å²) < 4.78 is 6.07. The van der Waals surface area contributed by atoms with E-state index in [9.17, 15) is 9.59 Å². The molecule has 0 heterocycles. The largest absolute Gasteiger partial charge is 0.490 e. The average molecular weight is 489 g/mol. The number of aromatic carboxylic acids is 1. The van der Waals surface area contributed by atoms with E-state index < -0.39 is 5.97 Å². The van der Waals surface area contributed by atoms with Crippen LogP contribution < -0.4 is 15.4 Å². The maximum absolute atomic E-state index is 13.2. The second-order valence-electron chi connectivity index (χ2n) is 12.1. The first-order valence-electron chi connectivity index (χ1n) is 13.5. The molecule has 5 aliphatic carbocycles. The van der Waals surface area contributed by atoms with Crippen molar-refractivity contribution >= 4 is 12.0 Å². The topological polar surface area (TPSA) is 87.7 Å². The third-order valence-electron chi connectivity index (χ3n) is 9.19. The number of hydrogen-bond donors (Lipinski definition) is 3. The molecule has 2 amide bonds. The number of carboxylic acids is 1. The van der Waals surface area contributed by atoms with Crippen LogP contribution >= 0.6 is 0 Å². The summed E-state index contributed by atoms with van der Waals surface area (Å²) in [7, 11) is 0. The summed E-state index contributed by atoms with van der Waals surface area (Å²) in [5.74, 6) is 0.825. The molecule has 0 radical (unpaired) electrons. The Morgan fingerprint density at radius 2 is 1.50 bits per heavy atom. The zero-order valence-electron chi connectivity index (χ0n) is 21.0. The fourth-order valence-corrected chi connectivity index (χ4v) is 8.05. The quantitative estimate of drug-likeness (QED) is 0.483. The molecule has 2 atom stereocenters. The molecule has 3 saturated carbocycles. The van der Waals surface area contributed by atoms with Gasteiger partial charge in [-0.2, -0.15) is 0 Å². The second-order valence-corrected chi connectivity index (χ2v) is 12.1. The molecule has 6 heteroatoms. The summed E-state index contributed by atoms with van der Waals surface area (Å²) in [6.07, 6.45) is 9.23. The minimum absolute atomic E-state index is 0.0155. The number of ether oxygens (including phenoxy) is 1. The van der Waals surface area contributed by atoms with Gasteiger partial charge in [0.1, 0.15) is 5.75 Å². The van der Waals surface area contributed by atoms with Gasteiger partial charge in [-0.05, 0) is 110 Å². The number of rotatable bonds is 5. The van der Waals surface area contributed by atoms with Crippen molar-refractivity contribution in [3.63, 3.8) is 0 Å². The van der Waals surface area contributed by atoms with Crippen molar-refractivity contribution in [3.05, 3.63) is 65.2 Å². The second kappa shape index (κ2) is 8.82. The lowest BCUT2D eigenvalue weighted by Gasteiger charge is -2.54. The number of nitrogens with one attached hydrogen (secondary N) is 2. The van der Waals surface area contributed by atoms with E-state index >= 15 is 0 Å². The Morgan fingerprint density at radius 1 is 0.889 bits per heavy atom. The van der Waals surface area contributed by atoms with Crippen LogP contribution in [-0.2, 0) is 0 Å². The first-order valence-corrected chi connectivity index (χ1v) is 13.5. The Kier molecular flexibility index (Phi) is 5.73. The van der Waals surface area contributed by atoms with Gasteiger partial charge in [0.2, 0.25) is 0 Å². The molecule has 2 aromatic rings. The van der Waals surface area contributed by atoms with Crippen molar-refractivity contribution in [1.82, 2.24) is 10.6 Å². The molecule has 0 saturated heterocycles. The maximum Gasteiger partial charge on any atom is 0.335 e. The Morgan fingerprint density at radius 3 is 2.08 bits per heavy atom. The molecule has 6 nitrogen and oxygen atoms in total. The van der Waals surface area contributed by atoms with Crippen molar-refractivity contribution in [2.45, 2.75) is 94.2 Å². The van der Waals surface area contributed by atoms with Crippen LogP contribution in [0, 0.1) is 5.41 Å². The van der Waals surface area contributed by atoms with Crippen LogP contribution in [-0.4, -0.2) is 34.8 Å². The smallest absolute Gasteiger partial charge is 0.335 e. The van der Waals surface area contributed by atoms with Gasteiger partial charge >= 0.3 is 12.0 Å². The summed E-state index contributed by atoms with van der Waals surface area (Å²) in [5, 5.41) is 15.8. The van der Waals surface area contributed by atoms with E-state index in [-0.39, 0.29) is 34.7 Å². The van der Waals surface area contributed by atoms with Crippen LogP contribution in [0.2, 0.25) is 0 Å². The van der Waals surface area contributed by atoms with E-state index in [1.54, 1.807) is 24.3 Å². The summed E-state index contributed by atoms with van der Waals surface area (Å²) in [5.41, 5.74) is 3.47. The SMILES string of the molecule is CC12CC3CC(NC(=O)NC4CCC(Oc5ccc(C(=O)O)cc5)CC4)(CC(C1)c1ccccc13)C2. The Bertz CT molecular complexity index is 1120. The van der Waals surface area contributed by atoms with E-state index in [0.717, 1.165) is 44.9 Å². The highest BCUT2D eigenvalue weighted by Crippen LogP contribution is 2.62. The molecule has 5 aliphatic rings. The van der Waals surface area contributed by atoms with Gasteiger partial charge in [-0.3, -0.25) is 0 Å². The van der Waals surface area contributed by atoms with Gasteiger partial charge in [-0.15, -0.1) is 0 Å². The summed E-state index contributed by atoms with van der Waals surface area (Å²) in [6.45, 7) is 2.43. The molecule has 0 spiro atoms. The molecule has 4 bridgehead atoms. The lowest BCUT2D eigenvalue weighted by atomic mass is 9.55. The Balaban J connectivity index is 1.05. The van der Waals surface area contributed by atoms with Crippen LogP contribution in [0.3, 0.4) is 0 Å². The minimum atomic E-state index is -0.936. The van der Waals surface area contributed by atoms with Gasteiger partial charge in [0.25, 0.3) is 0 Å². The summed E-state index contributed by atoms with van der Waals surface area (Å²) in [4.78, 5) is 24.3. The molecule has 7 rings (SSSR count). The molecule has 0 aromatic heterocycles.